The van der Waals surface area contributed by atoms with Crippen LogP contribution >= 0.6 is 0 Å². The fourth-order valence-electron chi connectivity index (χ4n) is 1.52. The van der Waals surface area contributed by atoms with E-state index >= 15 is 0 Å². The Morgan fingerprint density at radius 3 is 2.94 bits per heavy atom. The summed E-state index contributed by atoms with van der Waals surface area (Å²) in [6.07, 6.45) is 0. The minimum absolute atomic E-state index is 0.0162. The zero-order valence-corrected chi connectivity index (χ0v) is 9.32. The van der Waals surface area contributed by atoms with Gasteiger partial charge in [0.25, 0.3) is 0 Å². The molecule has 1 aromatic carbocycles. The summed E-state index contributed by atoms with van der Waals surface area (Å²) in [6, 6.07) is 8.10. The lowest BCUT2D eigenvalue weighted by atomic mass is 10.2. The van der Waals surface area contributed by atoms with Crippen LogP contribution in [0, 0.1) is 6.92 Å². The molecule has 0 aromatic heterocycles. The molecule has 1 aromatic rings. The SMILES string of the molecule is Cc1cccc(NC(=O)CNC2COC2)c1. The Labute approximate surface area is 95.0 Å². The average Bonchev–Trinajstić information content (AvgIpc) is 2.15. The highest BCUT2D eigenvalue weighted by atomic mass is 16.5. The third kappa shape index (κ3) is 3.05. The topological polar surface area (TPSA) is 50.4 Å². The highest BCUT2D eigenvalue weighted by Crippen LogP contribution is 2.09. The zero-order chi connectivity index (χ0) is 11.4. The molecule has 4 heteroatoms. The number of nitrogens with one attached hydrogen (secondary N) is 2. The van der Waals surface area contributed by atoms with E-state index in [9.17, 15) is 4.79 Å². The number of carbonyl (C=O) groups is 1. The van der Waals surface area contributed by atoms with Gasteiger partial charge in [0, 0.05) is 5.69 Å². The summed E-state index contributed by atoms with van der Waals surface area (Å²) in [5.74, 6) is -0.0162. The van der Waals surface area contributed by atoms with Gasteiger partial charge in [-0.25, -0.2) is 0 Å². The van der Waals surface area contributed by atoms with E-state index in [4.69, 9.17) is 4.74 Å². The van der Waals surface area contributed by atoms with E-state index < -0.39 is 0 Å². The van der Waals surface area contributed by atoms with Gasteiger partial charge < -0.3 is 15.4 Å². The van der Waals surface area contributed by atoms with Crippen molar-refractivity contribution < 1.29 is 9.53 Å². The van der Waals surface area contributed by atoms with Gasteiger partial charge in [0.1, 0.15) is 0 Å². The maximum atomic E-state index is 11.6. The van der Waals surface area contributed by atoms with Crippen molar-refractivity contribution in [2.75, 3.05) is 25.1 Å². The molecule has 4 nitrogen and oxygen atoms in total. The molecule has 2 N–H and O–H groups in total. The van der Waals surface area contributed by atoms with Crippen LogP contribution in [0.15, 0.2) is 24.3 Å². The summed E-state index contributed by atoms with van der Waals surface area (Å²) in [5.41, 5.74) is 1.98. The Morgan fingerprint density at radius 1 is 1.50 bits per heavy atom. The number of hydrogen-bond donors (Lipinski definition) is 2. The monoisotopic (exact) mass is 220 g/mol. The van der Waals surface area contributed by atoms with Crippen molar-refractivity contribution in [1.82, 2.24) is 5.32 Å². The van der Waals surface area contributed by atoms with Crippen molar-refractivity contribution in [3.05, 3.63) is 29.8 Å². The van der Waals surface area contributed by atoms with Crippen LogP contribution in [0.3, 0.4) is 0 Å². The number of hydrogen-bond acceptors (Lipinski definition) is 3. The Bertz CT molecular complexity index is 375. The highest BCUT2D eigenvalue weighted by Gasteiger charge is 2.18. The second-order valence-corrected chi connectivity index (χ2v) is 4.03. The molecule has 0 bridgehead atoms. The number of amides is 1. The van der Waals surface area contributed by atoms with E-state index in [1.54, 1.807) is 0 Å². The van der Waals surface area contributed by atoms with Gasteiger partial charge in [0.15, 0.2) is 0 Å². The molecule has 1 fully saturated rings. The van der Waals surface area contributed by atoms with Crippen LogP contribution in [0.2, 0.25) is 0 Å². The molecule has 0 saturated carbocycles. The van der Waals surface area contributed by atoms with E-state index in [0.29, 0.717) is 25.8 Å². The Kier molecular flexibility index (Phi) is 3.54. The van der Waals surface area contributed by atoms with Crippen molar-refractivity contribution in [2.45, 2.75) is 13.0 Å². The number of aryl methyl sites for hydroxylation is 1. The summed E-state index contributed by atoms with van der Waals surface area (Å²) >= 11 is 0. The Balaban J connectivity index is 1.77. The molecule has 1 aliphatic heterocycles. The first-order chi connectivity index (χ1) is 7.74. The largest absolute Gasteiger partial charge is 0.378 e. The van der Waals surface area contributed by atoms with Crippen LogP contribution in [0.1, 0.15) is 5.56 Å². The molecule has 0 atom stereocenters. The summed E-state index contributed by atoms with van der Waals surface area (Å²) in [6.45, 7) is 3.75. The number of anilines is 1. The maximum Gasteiger partial charge on any atom is 0.238 e. The predicted molar refractivity (Wildman–Crippen MR) is 62.4 cm³/mol. The molecule has 16 heavy (non-hydrogen) atoms. The van der Waals surface area contributed by atoms with Crippen molar-refractivity contribution in [2.24, 2.45) is 0 Å². The smallest absolute Gasteiger partial charge is 0.238 e. The third-order valence-electron chi connectivity index (χ3n) is 2.49. The van der Waals surface area contributed by atoms with Crippen LogP contribution in [0.25, 0.3) is 0 Å². The molecule has 1 aliphatic rings. The Morgan fingerprint density at radius 2 is 2.31 bits per heavy atom. The second-order valence-electron chi connectivity index (χ2n) is 4.03. The van der Waals surface area contributed by atoms with Gasteiger partial charge in [-0.15, -0.1) is 0 Å². The van der Waals surface area contributed by atoms with Gasteiger partial charge in [-0.1, -0.05) is 12.1 Å². The summed E-state index contributed by atoms with van der Waals surface area (Å²) in [7, 11) is 0. The first kappa shape index (κ1) is 11.1. The lowest BCUT2D eigenvalue weighted by Gasteiger charge is -2.26. The quantitative estimate of drug-likeness (QED) is 0.793. The molecule has 1 amide bonds. The molecule has 1 heterocycles. The fraction of sp³-hybridized carbons (Fsp3) is 0.417. The number of benzene rings is 1. The molecule has 86 valence electrons. The second kappa shape index (κ2) is 5.09. The summed E-state index contributed by atoms with van der Waals surface area (Å²) in [5, 5.41) is 5.96. The van der Waals surface area contributed by atoms with Crippen molar-refractivity contribution in [1.29, 1.82) is 0 Å². The standard InChI is InChI=1S/C12H16N2O2/c1-9-3-2-4-10(5-9)14-12(15)6-13-11-7-16-8-11/h2-5,11,13H,6-8H2,1H3,(H,14,15). The molecular formula is C12H16N2O2. The Hall–Kier alpha value is -1.39. The maximum absolute atomic E-state index is 11.6. The molecule has 0 spiro atoms. The molecule has 2 rings (SSSR count). The van der Waals surface area contributed by atoms with Crippen molar-refractivity contribution >= 4 is 11.6 Å². The van der Waals surface area contributed by atoms with Crippen LogP contribution in [-0.4, -0.2) is 31.7 Å². The van der Waals surface area contributed by atoms with Gasteiger partial charge in [-0.2, -0.15) is 0 Å². The molecule has 0 unspecified atom stereocenters. The summed E-state index contributed by atoms with van der Waals surface area (Å²) < 4.78 is 5.01. The molecule has 1 saturated heterocycles. The van der Waals surface area contributed by atoms with Crippen molar-refractivity contribution in [3.63, 3.8) is 0 Å². The number of rotatable bonds is 4. The highest BCUT2D eigenvalue weighted by molar-refractivity contribution is 5.92. The first-order valence-electron chi connectivity index (χ1n) is 5.42. The van der Waals surface area contributed by atoms with E-state index in [-0.39, 0.29) is 5.91 Å². The van der Waals surface area contributed by atoms with Gasteiger partial charge in [-0.3, -0.25) is 4.79 Å². The minimum Gasteiger partial charge on any atom is -0.378 e. The summed E-state index contributed by atoms with van der Waals surface area (Å²) in [4.78, 5) is 11.6. The van der Waals surface area contributed by atoms with Crippen LogP contribution in [0.4, 0.5) is 5.69 Å². The van der Waals surface area contributed by atoms with Crippen molar-refractivity contribution in [3.8, 4) is 0 Å². The van der Waals surface area contributed by atoms with E-state index in [0.717, 1.165) is 11.3 Å². The van der Waals surface area contributed by atoms with Crippen LogP contribution in [-0.2, 0) is 9.53 Å². The van der Waals surface area contributed by atoms with Gasteiger partial charge in [-0.05, 0) is 24.6 Å². The first-order valence-corrected chi connectivity index (χ1v) is 5.42. The number of ether oxygens (including phenoxy) is 1. The van der Waals surface area contributed by atoms with Crippen LogP contribution < -0.4 is 10.6 Å². The molecular weight excluding hydrogens is 204 g/mol. The molecule has 0 radical (unpaired) electrons. The minimum atomic E-state index is -0.0162. The van der Waals surface area contributed by atoms with Gasteiger partial charge in [0.2, 0.25) is 5.91 Å². The normalized spacial score (nSPS) is 15.6. The van der Waals surface area contributed by atoms with E-state index in [1.165, 1.54) is 0 Å². The zero-order valence-electron chi connectivity index (χ0n) is 9.32. The van der Waals surface area contributed by atoms with Gasteiger partial charge >= 0.3 is 0 Å². The lowest BCUT2D eigenvalue weighted by molar-refractivity contribution is -0.116. The van der Waals surface area contributed by atoms with Crippen LogP contribution in [0.5, 0.6) is 0 Å². The lowest BCUT2D eigenvalue weighted by Crippen LogP contribution is -2.48. The van der Waals surface area contributed by atoms with E-state index in [2.05, 4.69) is 10.6 Å². The average molecular weight is 220 g/mol. The van der Waals surface area contributed by atoms with E-state index in [1.807, 2.05) is 31.2 Å². The third-order valence-corrected chi connectivity index (χ3v) is 2.49. The number of carbonyl (C=O) groups excluding carboxylic acids is 1. The fourth-order valence-corrected chi connectivity index (χ4v) is 1.52. The molecule has 0 aliphatic carbocycles. The predicted octanol–water partition coefficient (Wildman–Crippen LogP) is 0.922. The van der Waals surface area contributed by atoms with Gasteiger partial charge in [0.05, 0.1) is 25.8 Å².